The second-order valence-corrected chi connectivity index (χ2v) is 4.21. The van der Waals surface area contributed by atoms with Crippen molar-refractivity contribution in [1.29, 1.82) is 0 Å². The maximum Gasteiger partial charge on any atom is 0.323 e. The maximum atomic E-state index is 11.5. The summed E-state index contributed by atoms with van der Waals surface area (Å²) in [6, 6.07) is 6.21. The highest BCUT2D eigenvalue weighted by molar-refractivity contribution is 5.88. The summed E-state index contributed by atoms with van der Waals surface area (Å²) in [7, 11) is 0. The Labute approximate surface area is 111 Å². The standard InChI is InChI=1S/C14H16N2O3/c1-2-19-14(18)11(15)8-9-5-6-12(17)13-10(9)4-3-7-16-13/h3-7,11,17H,2,8,15H2,1H3. The Morgan fingerprint density at radius 3 is 3.00 bits per heavy atom. The van der Waals surface area contributed by atoms with Crippen LogP contribution in [0, 0.1) is 0 Å². The van der Waals surface area contributed by atoms with Gasteiger partial charge >= 0.3 is 5.97 Å². The molecule has 100 valence electrons. The summed E-state index contributed by atoms with van der Waals surface area (Å²) in [6.07, 6.45) is 1.96. The van der Waals surface area contributed by atoms with Gasteiger partial charge in [-0.2, -0.15) is 0 Å². The number of phenolic OH excluding ortho intramolecular Hbond substituents is 1. The van der Waals surface area contributed by atoms with E-state index >= 15 is 0 Å². The van der Waals surface area contributed by atoms with Crippen LogP contribution in [0.25, 0.3) is 10.9 Å². The largest absolute Gasteiger partial charge is 0.506 e. The summed E-state index contributed by atoms with van der Waals surface area (Å²) in [4.78, 5) is 15.7. The van der Waals surface area contributed by atoms with Gasteiger partial charge in [0.25, 0.3) is 0 Å². The molecule has 2 rings (SSSR count). The Morgan fingerprint density at radius 1 is 1.47 bits per heavy atom. The van der Waals surface area contributed by atoms with Crippen LogP contribution in [-0.4, -0.2) is 28.7 Å². The van der Waals surface area contributed by atoms with Gasteiger partial charge in [-0.3, -0.25) is 9.78 Å². The third-order valence-electron chi connectivity index (χ3n) is 2.87. The van der Waals surface area contributed by atoms with Crippen LogP contribution in [0.3, 0.4) is 0 Å². The molecule has 0 amide bonds. The molecular weight excluding hydrogens is 244 g/mol. The number of aromatic nitrogens is 1. The molecule has 1 aromatic heterocycles. The van der Waals surface area contributed by atoms with Gasteiger partial charge in [0, 0.05) is 11.6 Å². The molecule has 0 spiro atoms. The molecule has 1 unspecified atom stereocenters. The third-order valence-corrected chi connectivity index (χ3v) is 2.87. The summed E-state index contributed by atoms with van der Waals surface area (Å²) in [5, 5.41) is 10.5. The fraction of sp³-hybridized carbons (Fsp3) is 0.286. The van der Waals surface area contributed by atoms with E-state index in [9.17, 15) is 9.90 Å². The summed E-state index contributed by atoms with van der Waals surface area (Å²) >= 11 is 0. The molecule has 0 aliphatic heterocycles. The maximum absolute atomic E-state index is 11.5. The molecule has 1 atom stereocenters. The number of pyridine rings is 1. The number of fused-ring (bicyclic) bond motifs is 1. The van der Waals surface area contributed by atoms with E-state index in [0.29, 0.717) is 18.5 Å². The lowest BCUT2D eigenvalue weighted by Gasteiger charge is -2.12. The minimum Gasteiger partial charge on any atom is -0.506 e. The van der Waals surface area contributed by atoms with Gasteiger partial charge in [0.15, 0.2) is 0 Å². The minimum absolute atomic E-state index is 0.115. The number of esters is 1. The van der Waals surface area contributed by atoms with Crippen molar-refractivity contribution in [3.05, 3.63) is 36.0 Å². The lowest BCUT2D eigenvalue weighted by atomic mass is 10.0. The van der Waals surface area contributed by atoms with Crippen LogP contribution in [0.15, 0.2) is 30.5 Å². The van der Waals surface area contributed by atoms with E-state index < -0.39 is 12.0 Å². The zero-order valence-corrected chi connectivity index (χ0v) is 10.7. The summed E-state index contributed by atoms with van der Waals surface area (Å²) in [5.41, 5.74) is 7.18. The summed E-state index contributed by atoms with van der Waals surface area (Å²) in [6.45, 7) is 2.05. The quantitative estimate of drug-likeness (QED) is 0.811. The van der Waals surface area contributed by atoms with Crippen molar-refractivity contribution < 1.29 is 14.6 Å². The second-order valence-electron chi connectivity index (χ2n) is 4.21. The molecule has 1 heterocycles. The fourth-order valence-electron chi connectivity index (χ4n) is 1.96. The Morgan fingerprint density at radius 2 is 2.26 bits per heavy atom. The van der Waals surface area contributed by atoms with Crippen molar-refractivity contribution in [2.24, 2.45) is 5.73 Å². The van der Waals surface area contributed by atoms with Crippen LogP contribution in [0.1, 0.15) is 12.5 Å². The van der Waals surface area contributed by atoms with E-state index in [1.165, 1.54) is 0 Å². The van der Waals surface area contributed by atoms with Gasteiger partial charge in [0.1, 0.15) is 17.3 Å². The summed E-state index contributed by atoms with van der Waals surface area (Å²) < 4.78 is 4.88. The third kappa shape index (κ3) is 2.82. The normalized spacial score (nSPS) is 12.3. The van der Waals surface area contributed by atoms with Crippen LogP contribution in [0.2, 0.25) is 0 Å². The van der Waals surface area contributed by atoms with Crippen molar-refractivity contribution in [3.8, 4) is 5.75 Å². The van der Waals surface area contributed by atoms with Crippen LogP contribution in [0.4, 0.5) is 0 Å². The van der Waals surface area contributed by atoms with Gasteiger partial charge in [0.2, 0.25) is 0 Å². The average Bonchev–Trinajstić information content (AvgIpc) is 2.42. The number of ether oxygens (including phenoxy) is 1. The first-order valence-electron chi connectivity index (χ1n) is 6.11. The summed E-state index contributed by atoms with van der Waals surface area (Å²) in [5.74, 6) is -0.309. The van der Waals surface area contributed by atoms with E-state index in [1.54, 1.807) is 31.3 Å². The number of nitrogens with two attached hydrogens (primary N) is 1. The molecule has 1 aromatic carbocycles. The zero-order valence-electron chi connectivity index (χ0n) is 10.7. The lowest BCUT2D eigenvalue weighted by molar-refractivity contribution is -0.144. The van der Waals surface area contributed by atoms with Crippen LogP contribution < -0.4 is 5.73 Å². The molecule has 0 aliphatic rings. The highest BCUT2D eigenvalue weighted by Crippen LogP contribution is 2.26. The average molecular weight is 260 g/mol. The first-order chi connectivity index (χ1) is 9.13. The Balaban J connectivity index is 2.31. The van der Waals surface area contributed by atoms with Gasteiger partial charge in [-0.05, 0) is 31.0 Å². The Hall–Kier alpha value is -2.14. The van der Waals surface area contributed by atoms with E-state index in [2.05, 4.69) is 4.98 Å². The number of carbonyl (C=O) groups excluding carboxylic acids is 1. The number of hydrogen-bond acceptors (Lipinski definition) is 5. The molecular formula is C14H16N2O3. The van der Waals surface area contributed by atoms with Crippen LogP contribution >= 0.6 is 0 Å². The Kier molecular flexibility index (Phi) is 3.97. The smallest absolute Gasteiger partial charge is 0.323 e. The number of rotatable bonds is 4. The van der Waals surface area contributed by atoms with Crippen LogP contribution in [-0.2, 0) is 16.0 Å². The van der Waals surface area contributed by atoms with Gasteiger partial charge in [0.05, 0.1) is 6.61 Å². The number of aromatic hydroxyl groups is 1. The van der Waals surface area contributed by atoms with E-state index in [-0.39, 0.29) is 5.75 Å². The monoisotopic (exact) mass is 260 g/mol. The highest BCUT2D eigenvalue weighted by Gasteiger charge is 2.17. The van der Waals surface area contributed by atoms with Gasteiger partial charge in [-0.1, -0.05) is 12.1 Å². The molecule has 0 radical (unpaired) electrons. The van der Waals surface area contributed by atoms with Crippen molar-refractivity contribution in [2.45, 2.75) is 19.4 Å². The number of phenols is 1. The zero-order chi connectivity index (χ0) is 13.8. The molecule has 2 aromatic rings. The van der Waals surface area contributed by atoms with E-state index in [0.717, 1.165) is 10.9 Å². The number of nitrogens with zero attached hydrogens (tertiary/aromatic N) is 1. The molecule has 0 saturated heterocycles. The first-order valence-corrected chi connectivity index (χ1v) is 6.11. The first kappa shape index (κ1) is 13.3. The molecule has 0 aliphatic carbocycles. The highest BCUT2D eigenvalue weighted by atomic mass is 16.5. The van der Waals surface area contributed by atoms with Crippen LogP contribution in [0.5, 0.6) is 5.75 Å². The van der Waals surface area contributed by atoms with E-state index in [4.69, 9.17) is 10.5 Å². The number of benzene rings is 1. The van der Waals surface area contributed by atoms with Gasteiger partial charge < -0.3 is 15.6 Å². The topological polar surface area (TPSA) is 85.4 Å². The number of hydrogen-bond donors (Lipinski definition) is 2. The van der Waals surface area contributed by atoms with Crippen molar-refractivity contribution in [1.82, 2.24) is 4.98 Å². The second kappa shape index (κ2) is 5.67. The van der Waals surface area contributed by atoms with Crippen molar-refractivity contribution in [3.63, 3.8) is 0 Å². The molecule has 19 heavy (non-hydrogen) atoms. The van der Waals surface area contributed by atoms with Crippen molar-refractivity contribution >= 4 is 16.9 Å². The molecule has 5 nitrogen and oxygen atoms in total. The molecule has 0 fully saturated rings. The molecule has 0 saturated carbocycles. The van der Waals surface area contributed by atoms with Crippen molar-refractivity contribution in [2.75, 3.05) is 6.61 Å². The number of carbonyl (C=O) groups is 1. The van der Waals surface area contributed by atoms with E-state index in [1.807, 2.05) is 6.07 Å². The minimum atomic E-state index is -0.715. The van der Waals surface area contributed by atoms with Gasteiger partial charge in [-0.15, -0.1) is 0 Å². The van der Waals surface area contributed by atoms with Gasteiger partial charge in [-0.25, -0.2) is 0 Å². The predicted molar refractivity (Wildman–Crippen MR) is 71.7 cm³/mol. The molecule has 3 N–H and O–H groups in total. The molecule has 0 bridgehead atoms. The Bertz CT molecular complexity index is 598. The SMILES string of the molecule is CCOC(=O)C(N)Cc1ccc(O)c2ncccc12. The fourth-order valence-corrected chi connectivity index (χ4v) is 1.96. The lowest BCUT2D eigenvalue weighted by Crippen LogP contribution is -2.34. The predicted octanol–water partition coefficient (Wildman–Crippen LogP) is 1.37. The molecule has 5 heteroatoms.